The van der Waals surface area contributed by atoms with E-state index in [9.17, 15) is 4.79 Å². The molecule has 1 saturated carbocycles. The van der Waals surface area contributed by atoms with Crippen LogP contribution in [0.4, 0.5) is 0 Å². The lowest BCUT2D eigenvalue weighted by Gasteiger charge is -2.20. The van der Waals surface area contributed by atoms with Crippen LogP contribution < -0.4 is 5.32 Å². The Kier molecular flexibility index (Phi) is 6.30. The van der Waals surface area contributed by atoms with Crippen LogP contribution >= 0.6 is 11.8 Å². The van der Waals surface area contributed by atoms with Crippen LogP contribution in [0.2, 0.25) is 0 Å². The van der Waals surface area contributed by atoms with Crippen molar-refractivity contribution in [1.29, 1.82) is 0 Å². The van der Waals surface area contributed by atoms with E-state index in [1.807, 2.05) is 30.0 Å². The molecule has 1 aromatic carbocycles. The first-order valence-electron chi connectivity index (χ1n) is 11.6. The van der Waals surface area contributed by atoms with Crippen LogP contribution in [0.5, 0.6) is 0 Å². The Morgan fingerprint density at radius 2 is 1.94 bits per heavy atom. The van der Waals surface area contributed by atoms with Gasteiger partial charge in [0.25, 0.3) is 5.91 Å². The highest BCUT2D eigenvalue weighted by atomic mass is 32.2. The highest BCUT2D eigenvalue weighted by Crippen LogP contribution is 2.35. The maximum absolute atomic E-state index is 13.1. The van der Waals surface area contributed by atoms with Crippen molar-refractivity contribution in [3.05, 3.63) is 47.2 Å². The third-order valence-corrected chi connectivity index (χ3v) is 7.91. The van der Waals surface area contributed by atoms with Gasteiger partial charge in [0.05, 0.1) is 6.54 Å². The second-order valence-corrected chi connectivity index (χ2v) is 9.94. The Labute approximate surface area is 187 Å². The number of aromatic nitrogens is 3. The first-order chi connectivity index (χ1) is 15.3. The van der Waals surface area contributed by atoms with Gasteiger partial charge in [-0.15, -0.1) is 10.2 Å². The third kappa shape index (κ3) is 4.52. The molecule has 0 spiro atoms. The van der Waals surface area contributed by atoms with Crippen LogP contribution in [0.1, 0.15) is 79.1 Å². The van der Waals surface area contributed by atoms with Gasteiger partial charge in [0.15, 0.2) is 11.6 Å². The number of carbonyl (C=O) groups is 1. The topological polar surface area (TPSA) is 73.0 Å². The van der Waals surface area contributed by atoms with Gasteiger partial charge in [0.2, 0.25) is 0 Å². The molecule has 5 rings (SSSR count). The molecule has 1 aliphatic heterocycles. The Morgan fingerprint density at radius 1 is 1.10 bits per heavy atom. The van der Waals surface area contributed by atoms with Crippen LogP contribution in [0.3, 0.4) is 0 Å². The summed E-state index contributed by atoms with van der Waals surface area (Å²) in [6, 6.07) is 7.97. The zero-order valence-corrected chi connectivity index (χ0v) is 18.8. The lowest BCUT2D eigenvalue weighted by Crippen LogP contribution is -2.25. The summed E-state index contributed by atoms with van der Waals surface area (Å²) in [6.07, 6.45) is 11.0. The number of fused-ring (bicyclic) bond motifs is 2. The van der Waals surface area contributed by atoms with Crippen molar-refractivity contribution in [2.24, 2.45) is 0 Å². The highest BCUT2D eigenvalue weighted by molar-refractivity contribution is 7.99. The van der Waals surface area contributed by atoms with E-state index in [2.05, 4.69) is 26.1 Å². The molecule has 7 heteroatoms. The number of amides is 1. The Hall–Kier alpha value is -2.28. The molecule has 0 radical (unpaired) electrons. The monoisotopic (exact) mass is 438 g/mol. The molecule has 1 fully saturated rings. The van der Waals surface area contributed by atoms with Crippen molar-refractivity contribution >= 4 is 28.6 Å². The molecular weight excluding hydrogens is 408 g/mol. The molecule has 2 aliphatic rings. The van der Waals surface area contributed by atoms with Crippen molar-refractivity contribution in [1.82, 2.24) is 20.1 Å². The zero-order chi connectivity index (χ0) is 21.0. The molecule has 0 unspecified atom stereocenters. The third-order valence-electron chi connectivity index (χ3n) is 6.51. The molecule has 3 heterocycles. The summed E-state index contributed by atoms with van der Waals surface area (Å²) in [5, 5.41) is 13.4. The molecule has 6 nitrogen and oxygen atoms in total. The SMILES string of the molecule is O=C(NCc1nnc2n1CCCCC2)c1oc2ccccc2c1CSC1CCCCC1. The van der Waals surface area contributed by atoms with E-state index in [1.54, 1.807) is 0 Å². The van der Waals surface area contributed by atoms with Crippen molar-refractivity contribution in [2.75, 3.05) is 0 Å². The summed E-state index contributed by atoms with van der Waals surface area (Å²) in [5.74, 6) is 2.96. The molecule has 0 atom stereocenters. The average molecular weight is 439 g/mol. The molecule has 31 heavy (non-hydrogen) atoms. The smallest absolute Gasteiger partial charge is 0.287 e. The molecule has 0 bridgehead atoms. The predicted molar refractivity (Wildman–Crippen MR) is 123 cm³/mol. The molecule has 1 aliphatic carbocycles. The first-order valence-corrected chi connectivity index (χ1v) is 12.7. The van der Waals surface area contributed by atoms with Crippen LogP contribution in [-0.4, -0.2) is 25.9 Å². The largest absolute Gasteiger partial charge is 0.451 e. The molecule has 2 aromatic heterocycles. The number of furan rings is 1. The van der Waals surface area contributed by atoms with E-state index >= 15 is 0 Å². The van der Waals surface area contributed by atoms with E-state index in [1.165, 1.54) is 38.5 Å². The van der Waals surface area contributed by atoms with Gasteiger partial charge in [-0.1, -0.05) is 43.9 Å². The number of nitrogens with one attached hydrogen (secondary N) is 1. The number of thioether (sulfide) groups is 1. The fourth-order valence-electron chi connectivity index (χ4n) is 4.77. The van der Waals surface area contributed by atoms with Crippen LogP contribution in [0.15, 0.2) is 28.7 Å². The van der Waals surface area contributed by atoms with Crippen molar-refractivity contribution in [3.63, 3.8) is 0 Å². The van der Waals surface area contributed by atoms with Gasteiger partial charge in [-0.25, -0.2) is 0 Å². The van der Waals surface area contributed by atoms with Gasteiger partial charge < -0.3 is 14.3 Å². The summed E-state index contributed by atoms with van der Waals surface area (Å²) >= 11 is 1.97. The quantitative estimate of drug-likeness (QED) is 0.569. The van der Waals surface area contributed by atoms with Crippen LogP contribution in [0.25, 0.3) is 11.0 Å². The van der Waals surface area contributed by atoms with Crippen molar-refractivity contribution < 1.29 is 9.21 Å². The van der Waals surface area contributed by atoms with E-state index in [-0.39, 0.29) is 5.91 Å². The molecule has 0 saturated heterocycles. The molecule has 164 valence electrons. The predicted octanol–water partition coefficient (Wildman–Crippen LogP) is 5.25. The summed E-state index contributed by atoms with van der Waals surface area (Å²) in [7, 11) is 0. The minimum Gasteiger partial charge on any atom is -0.451 e. The van der Waals surface area contributed by atoms with Gasteiger partial charge in [0.1, 0.15) is 11.4 Å². The number of hydrogen-bond donors (Lipinski definition) is 1. The van der Waals surface area contributed by atoms with Gasteiger partial charge in [0, 0.05) is 34.9 Å². The number of hydrogen-bond acceptors (Lipinski definition) is 5. The van der Waals surface area contributed by atoms with Crippen LogP contribution in [-0.2, 0) is 25.3 Å². The minimum atomic E-state index is -0.165. The number of aryl methyl sites for hydroxylation is 1. The minimum absolute atomic E-state index is 0.165. The fraction of sp³-hybridized carbons (Fsp3) is 0.542. The number of carbonyl (C=O) groups excluding carboxylic acids is 1. The Bertz CT molecular complexity index is 1050. The maximum atomic E-state index is 13.1. The van der Waals surface area contributed by atoms with Crippen molar-refractivity contribution in [2.45, 2.75) is 81.9 Å². The second-order valence-electron chi connectivity index (χ2n) is 8.65. The standard InChI is InChI=1S/C24H30N4O2S/c29-24(25-15-22-27-26-21-13-5-2-8-14-28(21)22)23-19(16-31-17-9-3-1-4-10-17)18-11-6-7-12-20(18)30-23/h6-7,11-12,17H,1-5,8-10,13-16H2,(H,25,29). The number of nitrogens with zero attached hydrogens (tertiary/aromatic N) is 3. The van der Waals surface area contributed by atoms with Crippen LogP contribution in [0, 0.1) is 0 Å². The summed E-state index contributed by atoms with van der Waals surface area (Å²) in [4.78, 5) is 13.1. The normalized spacial score (nSPS) is 17.4. The summed E-state index contributed by atoms with van der Waals surface area (Å²) in [6.45, 7) is 1.31. The van der Waals surface area contributed by atoms with E-state index in [4.69, 9.17) is 4.42 Å². The van der Waals surface area contributed by atoms with Gasteiger partial charge in [-0.3, -0.25) is 4.79 Å². The highest BCUT2D eigenvalue weighted by Gasteiger charge is 2.23. The van der Waals surface area contributed by atoms with E-state index < -0.39 is 0 Å². The van der Waals surface area contributed by atoms with Gasteiger partial charge in [-0.05, 0) is 31.7 Å². The first kappa shape index (κ1) is 20.6. The van der Waals surface area contributed by atoms with Gasteiger partial charge >= 0.3 is 0 Å². The fourth-order valence-corrected chi connectivity index (χ4v) is 6.13. The molecule has 3 aromatic rings. The summed E-state index contributed by atoms with van der Waals surface area (Å²) < 4.78 is 8.21. The zero-order valence-electron chi connectivity index (χ0n) is 17.9. The second kappa shape index (κ2) is 9.47. The molecule has 1 N–H and O–H groups in total. The summed E-state index contributed by atoms with van der Waals surface area (Å²) in [5.41, 5.74) is 1.80. The lowest BCUT2D eigenvalue weighted by molar-refractivity contribution is 0.0923. The number of para-hydroxylation sites is 1. The lowest BCUT2D eigenvalue weighted by atomic mass is 10.0. The molecular formula is C24H30N4O2S. The average Bonchev–Trinajstić information content (AvgIpc) is 3.29. The Morgan fingerprint density at radius 3 is 2.84 bits per heavy atom. The Balaban J connectivity index is 1.33. The van der Waals surface area contributed by atoms with Gasteiger partial charge in [-0.2, -0.15) is 11.8 Å². The van der Waals surface area contributed by atoms with Crippen molar-refractivity contribution in [3.8, 4) is 0 Å². The van der Waals surface area contributed by atoms with E-state index in [0.29, 0.717) is 17.6 Å². The van der Waals surface area contributed by atoms with E-state index in [0.717, 1.165) is 59.7 Å². The maximum Gasteiger partial charge on any atom is 0.287 e. The number of rotatable bonds is 6. The number of benzene rings is 1. The molecule has 1 amide bonds.